The summed E-state index contributed by atoms with van der Waals surface area (Å²) in [5, 5.41) is 3.68. The first-order valence-corrected chi connectivity index (χ1v) is 6.95. The second-order valence-electron chi connectivity index (χ2n) is 5.92. The van der Waals surface area contributed by atoms with E-state index in [1.54, 1.807) is 0 Å². The average Bonchev–Trinajstić information content (AvgIpc) is 3.09. The summed E-state index contributed by atoms with van der Waals surface area (Å²) in [6.45, 7) is 7.94. The zero-order valence-electron chi connectivity index (χ0n) is 11.4. The highest BCUT2D eigenvalue weighted by atomic mass is 14.9. The van der Waals surface area contributed by atoms with E-state index in [9.17, 15) is 0 Å². The van der Waals surface area contributed by atoms with Crippen LogP contribution in [0, 0.1) is 12.8 Å². The van der Waals surface area contributed by atoms with Crippen LogP contribution in [-0.2, 0) is 0 Å². The van der Waals surface area contributed by atoms with Gasteiger partial charge in [-0.3, -0.25) is 0 Å². The first kappa shape index (κ1) is 12.6. The molecule has 0 bridgehead atoms. The monoisotopic (exact) mass is 231 g/mol. The summed E-state index contributed by atoms with van der Waals surface area (Å²) in [7, 11) is 0. The normalized spacial score (nSPS) is 17.4. The molecule has 1 aromatic rings. The molecule has 1 heteroatoms. The van der Waals surface area contributed by atoms with Gasteiger partial charge in [0.05, 0.1) is 0 Å². The van der Waals surface area contributed by atoms with Crippen LogP contribution >= 0.6 is 0 Å². The fraction of sp³-hybridized carbons (Fsp3) is 0.625. The van der Waals surface area contributed by atoms with Gasteiger partial charge in [-0.15, -0.1) is 0 Å². The maximum absolute atomic E-state index is 3.68. The number of hydrogen-bond donors (Lipinski definition) is 1. The van der Waals surface area contributed by atoms with Crippen molar-refractivity contribution in [3.8, 4) is 0 Å². The van der Waals surface area contributed by atoms with E-state index in [1.807, 2.05) is 0 Å². The van der Waals surface area contributed by atoms with Crippen molar-refractivity contribution < 1.29 is 0 Å². The highest BCUT2D eigenvalue weighted by Crippen LogP contribution is 2.26. The lowest BCUT2D eigenvalue weighted by molar-refractivity contribution is 0.469. The molecule has 17 heavy (non-hydrogen) atoms. The fourth-order valence-electron chi connectivity index (χ4n) is 2.34. The van der Waals surface area contributed by atoms with Crippen LogP contribution in [0.2, 0.25) is 0 Å². The standard InChI is InChI=1S/C16H25N/c1-12(2)10-15(11-17-16-8-9-16)14-6-4-13(3)5-7-14/h4-7,12,15-17H,8-11H2,1-3H3. The summed E-state index contributed by atoms with van der Waals surface area (Å²) < 4.78 is 0. The number of aryl methyl sites for hydroxylation is 1. The summed E-state index contributed by atoms with van der Waals surface area (Å²) in [6.07, 6.45) is 4.04. The predicted octanol–water partition coefficient (Wildman–Crippen LogP) is 3.88. The topological polar surface area (TPSA) is 12.0 Å². The molecule has 1 fully saturated rings. The number of hydrogen-bond acceptors (Lipinski definition) is 1. The van der Waals surface area contributed by atoms with Crippen LogP contribution in [0.3, 0.4) is 0 Å². The van der Waals surface area contributed by atoms with E-state index in [4.69, 9.17) is 0 Å². The van der Waals surface area contributed by atoms with E-state index in [0.717, 1.165) is 18.5 Å². The fourth-order valence-corrected chi connectivity index (χ4v) is 2.34. The van der Waals surface area contributed by atoms with Crippen LogP contribution in [-0.4, -0.2) is 12.6 Å². The molecule has 1 N–H and O–H groups in total. The average molecular weight is 231 g/mol. The van der Waals surface area contributed by atoms with Crippen molar-refractivity contribution in [2.24, 2.45) is 5.92 Å². The molecule has 94 valence electrons. The largest absolute Gasteiger partial charge is 0.313 e. The molecule has 0 saturated heterocycles. The molecule has 1 unspecified atom stereocenters. The van der Waals surface area contributed by atoms with Gasteiger partial charge in [-0.25, -0.2) is 0 Å². The first-order chi connectivity index (χ1) is 8.15. The van der Waals surface area contributed by atoms with E-state index < -0.39 is 0 Å². The lowest BCUT2D eigenvalue weighted by Crippen LogP contribution is -2.24. The summed E-state index contributed by atoms with van der Waals surface area (Å²) in [5.74, 6) is 1.44. The zero-order chi connectivity index (χ0) is 12.3. The molecular weight excluding hydrogens is 206 g/mol. The van der Waals surface area contributed by atoms with Crippen molar-refractivity contribution >= 4 is 0 Å². The quantitative estimate of drug-likeness (QED) is 0.783. The molecule has 1 aliphatic rings. The molecule has 1 saturated carbocycles. The van der Waals surface area contributed by atoms with Crippen molar-refractivity contribution in [1.82, 2.24) is 5.32 Å². The predicted molar refractivity (Wildman–Crippen MR) is 74.4 cm³/mol. The Morgan fingerprint density at radius 3 is 2.35 bits per heavy atom. The van der Waals surface area contributed by atoms with Gasteiger partial charge in [-0.2, -0.15) is 0 Å². The van der Waals surface area contributed by atoms with Crippen molar-refractivity contribution in [1.29, 1.82) is 0 Å². The Hall–Kier alpha value is -0.820. The molecule has 1 atom stereocenters. The van der Waals surface area contributed by atoms with Gasteiger partial charge in [-0.05, 0) is 43.6 Å². The SMILES string of the molecule is Cc1ccc(C(CNC2CC2)CC(C)C)cc1. The number of benzene rings is 1. The molecule has 0 heterocycles. The Balaban J connectivity index is 1.99. The Bertz CT molecular complexity index is 335. The molecule has 2 rings (SSSR count). The van der Waals surface area contributed by atoms with Crippen LogP contribution in [0.4, 0.5) is 0 Å². The van der Waals surface area contributed by atoms with Gasteiger partial charge < -0.3 is 5.32 Å². The summed E-state index contributed by atoms with van der Waals surface area (Å²) in [4.78, 5) is 0. The van der Waals surface area contributed by atoms with Gasteiger partial charge in [0.15, 0.2) is 0 Å². The minimum absolute atomic E-state index is 0.677. The van der Waals surface area contributed by atoms with Crippen LogP contribution < -0.4 is 5.32 Å². The molecule has 1 aliphatic carbocycles. The summed E-state index contributed by atoms with van der Waals surface area (Å²) in [5.41, 5.74) is 2.85. The van der Waals surface area contributed by atoms with Crippen molar-refractivity contribution in [3.63, 3.8) is 0 Å². The molecular formula is C16H25N. The third kappa shape index (κ3) is 4.16. The van der Waals surface area contributed by atoms with Gasteiger partial charge in [0.25, 0.3) is 0 Å². The maximum Gasteiger partial charge on any atom is 0.00684 e. The molecule has 0 amide bonds. The van der Waals surface area contributed by atoms with Crippen molar-refractivity contribution in [2.75, 3.05) is 6.54 Å². The van der Waals surface area contributed by atoms with Gasteiger partial charge in [0.2, 0.25) is 0 Å². The van der Waals surface area contributed by atoms with E-state index in [0.29, 0.717) is 5.92 Å². The minimum atomic E-state index is 0.677. The van der Waals surface area contributed by atoms with Crippen LogP contribution in [0.25, 0.3) is 0 Å². The van der Waals surface area contributed by atoms with E-state index in [1.165, 1.54) is 30.4 Å². The molecule has 0 aromatic heterocycles. The Labute approximate surface area is 106 Å². The van der Waals surface area contributed by atoms with Crippen LogP contribution in [0.5, 0.6) is 0 Å². The maximum atomic E-state index is 3.68. The van der Waals surface area contributed by atoms with Gasteiger partial charge in [0.1, 0.15) is 0 Å². The highest BCUT2D eigenvalue weighted by molar-refractivity contribution is 5.25. The third-order valence-corrected chi connectivity index (χ3v) is 3.53. The second-order valence-corrected chi connectivity index (χ2v) is 5.92. The second kappa shape index (κ2) is 5.68. The van der Waals surface area contributed by atoms with E-state index >= 15 is 0 Å². The lowest BCUT2D eigenvalue weighted by atomic mass is 9.90. The lowest BCUT2D eigenvalue weighted by Gasteiger charge is -2.20. The molecule has 0 radical (unpaired) electrons. The smallest absolute Gasteiger partial charge is 0.00684 e. The minimum Gasteiger partial charge on any atom is -0.313 e. The molecule has 0 spiro atoms. The van der Waals surface area contributed by atoms with E-state index in [-0.39, 0.29) is 0 Å². The van der Waals surface area contributed by atoms with Crippen molar-refractivity contribution in [3.05, 3.63) is 35.4 Å². The Morgan fingerprint density at radius 2 is 1.82 bits per heavy atom. The number of nitrogens with one attached hydrogen (secondary N) is 1. The van der Waals surface area contributed by atoms with Crippen LogP contribution in [0.1, 0.15) is 50.2 Å². The van der Waals surface area contributed by atoms with Crippen molar-refractivity contribution in [2.45, 2.75) is 52.0 Å². The van der Waals surface area contributed by atoms with E-state index in [2.05, 4.69) is 50.4 Å². The van der Waals surface area contributed by atoms with Crippen LogP contribution in [0.15, 0.2) is 24.3 Å². The Kier molecular flexibility index (Phi) is 4.22. The van der Waals surface area contributed by atoms with Gasteiger partial charge in [-0.1, -0.05) is 43.7 Å². The number of rotatable bonds is 6. The Morgan fingerprint density at radius 1 is 1.18 bits per heavy atom. The summed E-state index contributed by atoms with van der Waals surface area (Å²) in [6, 6.07) is 9.89. The van der Waals surface area contributed by atoms with Gasteiger partial charge in [0, 0.05) is 12.6 Å². The molecule has 0 aliphatic heterocycles. The first-order valence-electron chi connectivity index (χ1n) is 6.95. The molecule has 1 nitrogen and oxygen atoms in total. The highest BCUT2D eigenvalue weighted by Gasteiger charge is 2.22. The summed E-state index contributed by atoms with van der Waals surface area (Å²) >= 11 is 0. The third-order valence-electron chi connectivity index (χ3n) is 3.53. The zero-order valence-corrected chi connectivity index (χ0v) is 11.4. The molecule has 1 aromatic carbocycles. The van der Waals surface area contributed by atoms with Gasteiger partial charge >= 0.3 is 0 Å².